The normalized spacial score (nSPS) is 14.6. The first kappa shape index (κ1) is 21.0. The molecule has 5 rings (SSSR count). The van der Waals surface area contributed by atoms with E-state index >= 15 is 0 Å². The van der Waals surface area contributed by atoms with Gasteiger partial charge in [0.1, 0.15) is 5.82 Å². The minimum absolute atomic E-state index is 0.0945. The van der Waals surface area contributed by atoms with Crippen LogP contribution in [-0.4, -0.2) is 43.4 Å². The molecule has 4 aromatic rings. The quantitative estimate of drug-likeness (QED) is 0.449. The molecule has 9 heteroatoms. The summed E-state index contributed by atoms with van der Waals surface area (Å²) in [6.07, 6.45) is 3.01. The molecule has 1 fully saturated rings. The number of piperidine rings is 1. The number of nitrogens with zero attached hydrogens (tertiary/aromatic N) is 5. The summed E-state index contributed by atoms with van der Waals surface area (Å²) in [5.74, 6) is 1.71. The highest BCUT2D eigenvalue weighted by atomic mass is 16.5. The van der Waals surface area contributed by atoms with Crippen LogP contribution in [0, 0.1) is 0 Å². The molecule has 3 aromatic heterocycles. The van der Waals surface area contributed by atoms with Gasteiger partial charge in [0, 0.05) is 31.6 Å². The second-order valence-electron chi connectivity index (χ2n) is 8.15. The van der Waals surface area contributed by atoms with E-state index in [0.717, 1.165) is 24.2 Å². The minimum Gasteiger partial charge on any atom is -0.461 e. The van der Waals surface area contributed by atoms with Crippen LogP contribution in [0.3, 0.4) is 0 Å². The second-order valence-corrected chi connectivity index (χ2v) is 8.15. The number of amides is 1. The van der Waals surface area contributed by atoms with Gasteiger partial charge in [0.2, 0.25) is 5.76 Å². The highest BCUT2D eigenvalue weighted by molar-refractivity contribution is 5.93. The highest BCUT2D eigenvalue weighted by Gasteiger charge is 2.30. The first-order valence-corrected chi connectivity index (χ1v) is 11.2. The van der Waals surface area contributed by atoms with Crippen LogP contribution in [0.25, 0.3) is 11.5 Å². The van der Waals surface area contributed by atoms with Crippen LogP contribution >= 0.6 is 0 Å². The van der Waals surface area contributed by atoms with Crippen molar-refractivity contribution in [2.24, 2.45) is 0 Å². The highest BCUT2D eigenvalue weighted by Crippen LogP contribution is 2.28. The largest absolute Gasteiger partial charge is 0.461 e. The Labute approximate surface area is 190 Å². The first-order valence-electron chi connectivity index (χ1n) is 11.2. The lowest BCUT2D eigenvalue weighted by atomic mass is 9.95. The number of hydrogen-bond acceptors (Lipinski definition) is 6. The molecule has 4 heterocycles. The predicted octanol–water partition coefficient (Wildman–Crippen LogP) is 3.38. The molecule has 170 valence electrons. The van der Waals surface area contributed by atoms with Gasteiger partial charge < -0.3 is 13.8 Å². The molecule has 0 bridgehead atoms. The number of hydrogen-bond donors (Lipinski definition) is 0. The molecule has 1 amide bonds. The van der Waals surface area contributed by atoms with Crippen LogP contribution in [0.1, 0.15) is 47.6 Å². The Hall–Kier alpha value is -3.88. The third-order valence-electron chi connectivity index (χ3n) is 6.08. The molecule has 0 atom stereocenters. The van der Waals surface area contributed by atoms with Crippen molar-refractivity contribution in [3.8, 4) is 11.5 Å². The van der Waals surface area contributed by atoms with Crippen LogP contribution in [0.2, 0.25) is 0 Å². The van der Waals surface area contributed by atoms with Crippen molar-refractivity contribution in [3.05, 3.63) is 82.4 Å². The average Bonchev–Trinajstić information content (AvgIpc) is 3.60. The van der Waals surface area contributed by atoms with Crippen LogP contribution < -0.4 is 5.69 Å². The Balaban J connectivity index is 1.27. The standard InChI is InChI=1S/C24H25N5O4/c1-2-28-22(25-29(24(28)31)16-17-7-4-3-5-8-17)18-10-12-27(13-11-18)23(30)19-15-21(33-26-19)20-9-6-14-32-20/h3-9,14-15,18H,2,10-13,16H2,1H3. The molecule has 1 aromatic carbocycles. The van der Waals surface area contributed by atoms with Crippen molar-refractivity contribution < 1.29 is 13.7 Å². The van der Waals surface area contributed by atoms with E-state index in [2.05, 4.69) is 10.3 Å². The zero-order valence-corrected chi connectivity index (χ0v) is 18.4. The average molecular weight is 447 g/mol. The van der Waals surface area contributed by atoms with E-state index in [9.17, 15) is 9.59 Å². The Kier molecular flexibility index (Phi) is 5.68. The maximum Gasteiger partial charge on any atom is 0.346 e. The van der Waals surface area contributed by atoms with Crippen molar-refractivity contribution in [3.63, 3.8) is 0 Å². The number of carbonyl (C=O) groups excluding carboxylic acids is 1. The molecule has 0 N–H and O–H groups in total. The minimum atomic E-state index is -0.169. The lowest BCUT2D eigenvalue weighted by molar-refractivity contribution is 0.0699. The fourth-order valence-electron chi connectivity index (χ4n) is 4.33. The van der Waals surface area contributed by atoms with Gasteiger partial charge in [-0.1, -0.05) is 35.5 Å². The monoisotopic (exact) mass is 447 g/mol. The molecule has 0 unspecified atom stereocenters. The van der Waals surface area contributed by atoms with Crippen LogP contribution in [0.5, 0.6) is 0 Å². The van der Waals surface area contributed by atoms with Crippen molar-refractivity contribution in [1.82, 2.24) is 24.4 Å². The molecule has 1 saturated heterocycles. The summed E-state index contributed by atoms with van der Waals surface area (Å²) >= 11 is 0. The topological polar surface area (TPSA) is 99.3 Å². The van der Waals surface area contributed by atoms with E-state index < -0.39 is 0 Å². The van der Waals surface area contributed by atoms with Gasteiger partial charge in [-0.3, -0.25) is 9.36 Å². The zero-order valence-electron chi connectivity index (χ0n) is 18.4. The van der Waals surface area contributed by atoms with Gasteiger partial charge in [-0.25, -0.2) is 9.48 Å². The molecule has 0 aliphatic carbocycles. The summed E-state index contributed by atoms with van der Waals surface area (Å²) < 4.78 is 13.8. The van der Waals surface area contributed by atoms with Gasteiger partial charge in [0.15, 0.2) is 11.5 Å². The molecule has 33 heavy (non-hydrogen) atoms. The van der Waals surface area contributed by atoms with Crippen molar-refractivity contribution in [2.45, 2.75) is 38.8 Å². The summed E-state index contributed by atoms with van der Waals surface area (Å²) in [6, 6.07) is 15.0. The molecule has 1 aliphatic rings. The van der Waals surface area contributed by atoms with Gasteiger partial charge in [-0.2, -0.15) is 5.10 Å². The number of furan rings is 1. The maximum atomic E-state index is 12.9. The van der Waals surface area contributed by atoms with Gasteiger partial charge in [-0.05, 0) is 37.5 Å². The lowest BCUT2D eigenvalue weighted by Crippen LogP contribution is -2.38. The number of likely N-dealkylation sites (tertiary alicyclic amines) is 1. The SMILES string of the molecule is CCn1c(C2CCN(C(=O)c3cc(-c4ccco4)on3)CC2)nn(Cc2ccccc2)c1=O. The van der Waals surface area contributed by atoms with Gasteiger partial charge >= 0.3 is 5.69 Å². The van der Waals surface area contributed by atoms with Crippen molar-refractivity contribution >= 4 is 5.91 Å². The zero-order chi connectivity index (χ0) is 22.8. The summed E-state index contributed by atoms with van der Waals surface area (Å²) in [6.45, 7) is 4.10. The summed E-state index contributed by atoms with van der Waals surface area (Å²) in [4.78, 5) is 27.6. The third-order valence-corrected chi connectivity index (χ3v) is 6.08. The summed E-state index contributed by atoms with van der Waals surface area (Å²) in [5, 5.41) is 8.60. The fourth-order valence-corrected chi connectivity index (χ4v) is 4.33. The number of rotatable bonds is 6. The fraction of sp³-hybridized carbons (Fsp3) is 0.333. The Morgan fingerprint density at radius 3 is 2.58 bits per heavy atom. The second kappa shape index (κ2) is 8.93. The number of carbonyl (C=O) groups is 1. The molecule has 0 radical (unpaired) electrons. The van der Waals surface area contributed by atoms with Gasteiger partial charge in [0.25, 0.3) is 5.91 Å². The van der Waals surface area contributed by atoms with Crippen LogP contribution in [0.15, 0.2) is 68.5 Å². The van der Waals surface area contributed by atoms with Crippen molar-refractivity contribution in [2.75, 3.05) is 13.1 Å². The molecule has 1 aliphatic heterocycles. The first-order chi connectivity index (χ1) is 16.1. The maximum absolute atomic E-state index is 12.9. The Bertz CT molecular complexity index is 1280. The molecule has 0 spiro atoms. The molecule has 0 saturated carbocycles. The van der Waals surface area contributed by atoms with Crippen molar-refractivity contribution in [1.29, 1.82) is 0 Å². The lowest BCUT2D eigenvalue weighted by Gasteiger charge is -2.31. The summed E-state index contributed by atoms with van der Waals surface area (Å²) in [5.41, 5.74) is 1.20. The third kappa shape index (κ3) is 4.13. The number of benzene rings is 1. The van der Waals surface area contributed by atoms with E-state index in [1.54, 1.807) is 33.9 Å². The summed E-state index contributed by atoms with van der Waals surface area (Å²) in [7, 11) is 0. The molecule has 9 nitrogen and oxygen atoms in total. The smallest absolute Gasteiger partial charge is 0.346 e. The van der Waals surface area contributed by atoms with E-state index in [4.69, 9.17) is 8.94 Å². The van der Waals surface area contributed by atoms with E-state index in [1.807, 2.05) is 37.3 Å². The van der Waals surface area contributed by atoms with E-state index in [0.29, 0.717) is 37.7 Å². The van der Waals surface area contributed by atoms with Crippen LogP contribution in [-0.2, 0) is 13.1 Å². The number of aromatic nitrogens is 4. The predicted molar refractivity (Wildman–Crippen MR) is 120 cm³/mol. The van der Waals surface area contributed by atoms with E-state index in [1.165, 1.54) is 4.68 Å². The molecular formula is C24H25N5O4. The van der Waals surface area contributed by atoms with E-state index in [-0.39, 0.29) is 23.2 Å². The molecular weight excluding hydrogens is 422 g/mol. The Morgan fingerprint density at radius 1 is 1.09 bits per heavy atom. The Morgan fingerprint density at radius 2 is 1.88 bits per heavy atom. The van der Waals surface area contributed by atoms with Crippen LogP contribution in [0.4, 0.5) is 0 Å². The van der Waals surface area contributed by atoms with Gasteiger partial charge in [0.05, 0.1) is 12.8 Å². The van der Waals surface area contributed by atoms with Gasteiger partial charge in [-0.15, -0.1) is 0 Å².